The Kier molecular flexibility index (Phi) is 6.35. The van der Waals surface area contributed by atoms with Crippen molar-refractivity contribution in [2.75, 3.05) is 36.0 Å². The van der Waals surface area contributed by atoms with Crippen molar-refractivity contribution in [1.29, 1.82) is 0 Å². The number of carbonyl (C=O) groups excluding carboxylic acids is 1. The first-order valence-corrected chi connectivity index (χ1v) is 11.3. The molecule has 5 nitrogen and oxygen atoms in total. The molecule has 3 heterocycles. The fourth-order valence-corrected chi connectivity index (χ4v) is 4.75. The van der Waals surface area contributed by atoms with Gasteiger partial charge >= 0.3 is 0 Å². The smallest absolute Gasteiger partial charge is 0.266 e. The van der Waals surface area contributed by atoms with Gasteiger partial charge in [0.2, 0.25) is 0 Å². The number of halogens is 2. The molecule has 2 aliphatic rings. The van der Waals surface area contributed by atoms with Gasteiger partial charge in [0.15, 0.2) is 0 Å². The van der Waals surface area contributed by atoms with Gasteiger partial charge in [0.05, 0.1) is 13.1 Å². The number of benzene rings is 1. The number of pyridine rings is 1. The van der Waals surface area contributed by atoms with Gasteiger partial charge in [-0.2, -0.15) is 0 Å². The Morgan fingerprint density at radius 2 is 1.97 bits per heavy atom. The summed E-state index contributed by atoms with van der Waals surface area (Å²) in [5.41, 5.74) is 3.10. The first-order chi connectivity index (χ1) is 15.2. The monoisotopic (exact) mass is 443 g/mol. The van der Waals surface area contributed by atoms with Crippen molar-refractivity contribution in [1.82, 2.24) is 4.98 Å². The van der Waals surface area contributed by atoms with E-state index in [2.05, 4.69) is 16.8 Å². The van der Waals surface area contributed by atoms with E-state index < -0.39 is 5.92 Å². The maximum Gasteiger partial charge on any atom is 0.266 e. The molecule has 2 aromatic rings. The molecular weight excluding hydrogens is 412 g/mol. The summed E-state index contributed by atoms with van der Waals surface area (Å²) in [6, 6.07) is 9.96. The van der Waals surface area contributed by atoms with Crippen LogP contribution in [0.15, 0.2) is 36.5 Å². The van der Waals surface area contributed by atoms with E-state index in [4.69, 9.17) is 4.74 Å². The Labute approximate surface area is 188 Å². The SMILES string of the molecule is CC(=O)C[C@@H](C)c1ccc(O[C@@H]2CCN(c3ccnc(N4CCC(F)(F)C4)c3C)C2)cc1. The predicted molar refractivity (Wildman–Crippen MR) is 122 cm³/mol. The van der Waals surface area contributed by atoms with E-state index in [1.54, 1.807) is 18.0 Å². The number of nitrogens with zero attached hydrogens (tertiary/aromatic N) is 3. The van der Waals surface area contributed by atoms with Gasteiger partial charge in [0, 0.05) is 49.8 Å². The van der Waals surface area contributed by atoms with Gasteiger partial charge in [-0.05, 0) is 43.5 Å². The van der Waals surface area contributed by atoms with E-state index in [-0.39, 0.29) is 30.8 Å². The molecule has 0 N–H and O–H groups in total. The normalized spacial score (nSPS) is 21.1. The maximum absolute atomic E-state index is 13.7. The second kappa shape index (κ2) is 9.04. The second-order valence-electron chi connectivity index (χ2n) is 9.16. The standard InChI is InChI=1S/C25H31F2N3O2/c1-17(14-18(2)31)20-4-6-21(7-5-20)32-22-9-12-29(15-22)23-8-11-28-24(19(23)3)30-13-10-25(26,27)16-30/h4-8,11,17,22H,9-10,12-16H2,1-3H3/t17-,22-/m1/s1. The third-order valence-electron chi connectivity index (χ3n) is 6.45. The third-order valence-corrected chi connectivity index (χ3v) is 6.45. The molecule has 0 saturated carbocycles. The van der Waals surface area contributed by atoms with Crippen molar-refractivity contribution in [3.63, 3.8) is 0 Å². The van der Waals surface area contributed by atoms with Crippen LogP contribution in [-0.4, -0.2) is 49.0 Å². The van der Waals surface area contributed by atoms with Crippen LogP contribution >= 0.6 is 0 Å². The molecule has 2 fully saturated rings. The van der Waals surface area contributed by atoms with Crippen molar-refractivity contribution >= 4 is 17.3 Å². The van der Waals surface area contributed by atoms with E-state index in [0.29, 0.717) is 18.8 Å². The van der Waals surface area contributed by atoms with Gasteiger partial charge in [-0.1, -0.05) is 19.1 Å². The number of Topliss-reactive ketones (excluding diaryl/α,β-unsaturated/α-hetero) is 1. The lowest BCUT2D eigenvalue weighted by Crippen LogP contribution is -2.28. The zero-order valence-corrected chi connectivity index (χ0v) is 19.0. The van der Waals surface area contributed by atoms with E-state index in [9.17, 15) is 13.6 Å². The Morgan fingerprint density at radius 3 is 2.62 bits per heavy atom. The average Bonchev–Trinajstić information content (AvgIpc) is 3.34. The average molecular weight is 444 g/mol. The summed E-state index contributed by atoms with van der Waals surface area (Å²) in [6.45, 7) is 7.29. The van der Waals surface area contributed by atoms with Gasteiger partial charge in [-0.25, -0.2) is 13.8 Å². The number of rotatable bonds is 7. The summed E-state index contributed by atoms with van der Waals surface area (Å²) in [7, 11) is 0. The summed E-state index contributed by atoms with van der Waals surface area (Å²) in [6.07, 6.45) is 3.08. The molecule has 2 saturated heterocycles. The molecule has 0 bridgehead atoms. The number of hydrogen-bond donors (Lipinski definition) is 0. The lowest BCUT2D eigenvalue weighted by molar-refractivity contribution is -0.117. The van der Waals surface area contributed by atoms with Crippen LogP contribution in [0.4, 0.5) is 20.3 Å². The molecule has 0 aliphatic carbocycles. The van der Waals surface area contributed by atoms with Crippen LogP contribution in [0.1, 0.15) is 50.2 Å². The first-order valence-electron chi connectivity index (χ1n) is 11.3. The van der Waals surface area contributed by atoms with Crippen LogP contribution in [0.2, 0.25) is 0 Å². The molecule has 1 aromatic heterocycles. The topological polar surface area (TPSA) is 45.7 Å². The number of carbonyl (C=O) groups is 1. The first kappa shape index (κ1) is 22.5. The van der Waals surface area contributed by atoms with Gasteiger partial charge < -0.3 is 19.3 Å². The minimum Gasteiger partial charge on any atom is -0.489 e. The summed E-state index contributed by atoms with van der Waals surface area (Å²) >= 11 is 0. The van der Waals surface area contributed by atoms with E-state index >= 15 is 0 Å². The molecular formula is C25H31F2N3O2. The third kappa shape index (κ3) is 5.03. The van der Waals surface area contributed by atoms with Crippen LogP contribution in [-0.2, 0) is 4.79 Å². The molecule has 0 amide bonds. The maximum atomic E-state index is 13.7. The largest absolute Gasteiger partial charge is 0.489 e. The summed E-state index contributed by atoms with van der Waals surface area (Å²) in [5.74, 6) is -0.781. The number of ketones is 1. The molecule has 0 unspecified atom stereocenters. The van der Waals surface area contributed by atoms with Crippen LogP contribution in [0.5, 0.6) is 5.75 Å². The lowest BCUT2D eigenvalue weighted by atomic mass is 9.96. The van der Waals surface area contributed by atoms with Crippen molar-refractivity contribution in [2.24, 2.45) is 0 Å². The van der Waals surface area contributed by atoms with Gasteiger partial charge in [0.1, 0.15) is 23.5 Å². The summed E-state index contributed by atoms with van der Waals surface area (Å²) in [4.78, 5) is 19.7. The molecule has 7 heteroatoms. The van der Waals surface area contributed by atoms with Crippen LogP contribution in [0.3, 0.4) is 0 Å². The number of anilines is 2. The van der Waals surface area contributed by atoms with Crippen molar-refractivity contribution in [3.8, 4) is 5.75 Å². The predicted octanol–water partition coefficient (Wildman–Crippen LogP) is 4.98. The van der Waals surface area contributed by atoms with E-state index in [1.807, 2.05) is 37.3 Å². The Morgan fingerprint density at radius 1 is 1.22 bits per heavy atom. The van der Waals surface area contributed by atoms with Gasteiger partial charge in [-0.15, -0.1) is 0 Å². The zero-order chi connectivity index (χ0) is 22.9. The highest BCUT2D eigenvalue weighted by atomic mass is 19.3. The number of hydrogen-bond acceptors (Lipinski definition) is 5. The minimum absolute atomic E-state index is 0.0580. The Hall–Kier alpha value is -2.70. The van der Waals surface area contributed by atoms with Gasteiger partial charge in [-0.3, -0.25) is 0 Å². The number of ether oxygens (including phenoxy) is 1. The van der Waals surface area contributed by atoms with Crippen LogP contribution in [0.25, 0.3) is 0 Å². The highest BCUT2D eigenvalue weighted by Gasteiger charge is 2.39. The molecule has 4 rings (SSSR count). The van der Waals surface area contributed by atoms with Crippen molar-refractivity contribution in [2.45, 2.75) is 58.0 Å². The minimum atomic E-state index is -2.64. The molecule has 1 aromatic carbocycles. The molecule has 0 spiro atoms. The van der Waals surface area contributed by atoms with E-state index in [1.165, 1.54) is 0 Å². The molecule has 0 radical (unpaired) electrons. The number of aromatic nitrogens is 1. The zero-order valence-electron chi connectivity index (χ0n) is 19.0. The summed E-state index contributed by atoms with van der Waals surface area (Å²) in [5, 5.41) is 0. The van der Waals surface area contributed by atoms with Crippen LogP contribution < -0.4 is 14.5 Å². The molecule has 2 atom stereocenters. The Balaban J connectivity index is 1.39. The number of alkyl halides is 2. The van der Waals surface area contributed by atoms with Crippen molar-refractivity contribution < 1.29 is 18.3 Å². The van der Waals surface area contributed by atoms with Crippen molar-refractivity contribution in [3.05, 3.63) is 47.7 Å². The van der Waals surface area contributed by atoms with Gasteiger partial charge in [0.25, 0.3) is 5.92 Å². The fraction of sp³-hybridized carbons (Fsp3) is 0.520. The Bertz CT molecular complexity index is 964. The lowest BCUT2D eigenvalue weighted by Gasteiger charge is -2.25. The molecule has 2 aliphatic heterocycles. The quantitative estimate of drug-likeness (QED) is 0.604. The highest BCUT2D eigenvalue weighted by Crippen LogP contribution is 2.35. The summed E-state index contributed by atoms with van der Waals surface area (Å²) < 4.78 is 33.6. The molecule has 32 heavy (non-hydrogen) atoms. The van der Waals surface area contributed by atoms with Crippen LogP contribution in [0, 0.1) is 6.92 Å². The highest BCUT2D eigenvalue weighted by molar-refractivity contribution is 5.76. The second-order valence-corrected chi connectivity index (χ2v) is 9.16. The fourth-order valence-electron chi connectivity index (χ4n) is 4.75. The molecule has 172 valence electrons. The van der Waals surface area contributed by atoms with E-state index in [0.717, 1.165) is 42.1 Å².